The van der Waals surface area contributed by atoms with Crippen LogP contribution in [-0.2, 0) is 13.0 Å². The molecule has 0 amide bonds. The summed E-state index contributed by atoms with van der Waals surface area (Å²) in [6, 6.07) is 5.92. The topological polar surface area (TPSA) is 47.0 Å². The van der Waals surface area contributed by atoms with Gasteiger partial charge < -0.3 is 10.1 Å². The van der Waals surface area contributed by atoms with Crippen LogP contribution in [0.4, 0.5) is 0 Å². The van der Waals surface area contributed by atoms with Crippen LogP contribution in [0, 0.1) is 6.92 Å². The second-order valence-electron chi connectivity index (χ2n) is 4.83. The second kappa shape index (κ2) is 5.50. The Kier molecular flexibility index (Phi) is 3.72. The highest BCUT2D eigenvalue weighted by atomic mass is 79.9. The zero-order valence-electron chi connectivity index (χ0n) is 11.5. The van der Waals surface area contributed by atoms with Crippen molar-refractivity contribution in [3.05, 3.63) is 39.6 Å². The zero-order chi connectivity index (χ0) is 14.1. The molecule has 1 N–H and O–H groups in total. The van der Waals surface area contributed by atoms with E-state index in [9.17, 15) is 0 Å². The van der Waals surface area contributed by atoms with Crippen molar-refractivity contribution in [1.82, 2.24) is 15.3 Å². The van der Waals surface area contributed by atoms with Gasteiger partial charge in [0.2, 0.25) is 0 Å². The molecule has 1 aromatic carbocycles. The van der Waals surface area contributed by atoms with Gasteiger partial charge in [-0.2, -0.15) is 0 Å². The van der Waals surface area contributed by atoms with Gasteiger partial charge in [-0.1, -0.05) is 0 Å². The molecule has 1 aliphatic rings. The van der Waals surface area contributed by atoms with Crippen molar-refractivity contribution in [2.45, 2.75) is 19.9 Å². The third-order valence-electron chi connectivity index (χ3n) is 3.55. The lowest BCUT2D eigenvalue weighted by atomic mass is 10.1. The first-order valence-corrected chi connectivity index (χ1v) is 7.39. The molecule has 20 heavy (non-hydrogen) atoms. The first kappa shape index (κ1) is 13.5. The van der Waals surface area contributed by atoms with Crippen LogP contribution >= 0.6 is 15.9 Å². The van der Waals surface area contributed by atoms with Crippen LogP contribution in [-0.4, -0.2) is 23.6 Å². The fourth-order valence-electron chi connectivity index (χ4n) is 2.45. The summed E-state index contributed by atoms with van der Waals surface area (Å²) in [5.41, 5.74) is 4.47. The molecule has 5 heteroatoms. The molecule has 0 bridgehead atoms. The summed E-state index contributed by atoms with van der Waals surface area (Å²) in [6.07, 6.45) is 0.961. The molecule has 0 saturated heterocycles. The Labute approximate surface area is 126 Å². The Morgan fingerprint density at radius 2 is 2.15 bits per heavy atom. The molecule has 0 radical (unpaired) electrons. The quantitative estimate of drug-likeness (QED) is 0.917. The molecular formula is C15H16BrN3O. The number of halogens is 1. The van der Waals surface area contributed by atoms with Crippen molar-refractivity contribution < 1.29 is 4.74 Å². The van der Waals surface area contributed by atoms with Gasteiger partial charge in [-0.25, -0.2) is 9.97 Å². The standard InChI is InChI=1S/C15H16BrN3O/c1-9-11-8-17-6-5-13(11)19-15(18-9)10-3-4-14(20-2)12(16)7-10/h3-4,7,17H,5-6,8H2,1-2H3. The van der Waals surface area contributed by atoms with E-state index in [1.54, 1.807) is 7.11 Å². The smallest absolute Gasteiger partial charge is 0.159 e. The molecule has 1 aromatic heterocycles. The van der Waals surface area contributed by atoms with Gasteiger partial charge in [-0.3, -0.25) is 0 Å². The molecule has 0 unspecified atom stereocenters. The number of hydrogen-bond acceptors (Lipinski definition) is 4. The van der Waals surface area contributed by atoms with Crippen molar-refractivity contribution in [1.29, 1.82) is 0 Å². The van der Waals surface area contributed by atoms with Crippen LogP contribution in [0.1, 0.15) is 17.0 Å². The third-order valence-corrected chi connectivity index (χ3v) is 4.17. The number of hydrogen-bond donors (Lipinski definition) is 1. The van der Waals surface area contributed by atoms with Crippen molar-refractivity contribution in [2.24, 2.45) is 0 Å². The minimum atomic E-state index is 0.784. The third kappa shape index (κ3) is 2.43. The Morgan fingerprint density at radius 1 is 1.30 bits per heavy atom. The number of aryl methyl sites for hydroxylation is 1. The maximum absolute atomic E-state index is 5.25. The van der Waals surface area contributed by atoms with E-state index in [1.807, 2.05) is 18.2 Å². The maximum Gasteiger partial charge on any atom is 0.159 e. The van der Waals surface area contributed by atoms with Crippen LogP contribution < -0.4 is 10.1 Å². The predicted molar refractivity (Wildman–Crippen MR) is 81.9 cm³/mol. The summed E-state index contributed by atoms with van der Waals surface area (Å²) >= 11 is 3.51. The van der Waals surface area contributed by atoms with Crippen molar-refractivity contribution >= 4 is 15.9 Å². The first-order valence-electron chi connectivity index (χ1n) is 6.60. The van der Waals surface area contributed by atoms with Gasteiger partial charge in [0, 0.05) is 36.3 Å². The summed E-state index contributed by atoms with van der Waals surface area (Å²) in [5.74, 6) is 1.60. The SMILES string of the molecule is COc1ccc(-c2nc(C)c3c(n2)CCNC3)cc1Br. The summed E-state index contributed by atoms with van der Waals surface area (Å²) in [4.78, 5) is 9.37. The van der Waals surface area contributed by atoms with Gasteiger partial charge in [0.05, 0.1) is 17.3 Å². The molecule has 0 spiro atoms. The average Bonchev–Trinajstić information content (AvgIpc) is 2.47. The van der Waals surface area contributed by atoms with E-state index >= 15 is 0 Å². The zero-order valence-corrected chi connectivity index (χ0v) is 13.1. The van der Waals surface area contributed by atoms with Crippen molar-refractivity contribution in [3.63, 3.8) is 0 Å². The van der Waals surface area contributed by atoms with Crippen LogP contribution in [0.15, 0.2) is 22.7 Å². The number of rotatable bonds is 2. The molecular weight excluding hydrogens is 318 g/mol. The largest absolute Gasteiger partial charge is 0.496 e. The van der Waals surface area contributed by atoms with Gasteiger partial charge in [0.1, 0.15) is 5.75 Å². The lowest BCUT2D eigenvalue weighted by Crippen LogP contribution is -2.26. The fourth-order valence-corrected chi connectivity index (χ4v) is 2.99. The van der Waals surface area contributed by atoms with E-state index in [1.165, 1.54) is 5.56 Å². The Hall–Kier alpha value is -1.46. The molecule has 1 aliphatic heterocycles. The Bertz CT molecular complexity index is 658. The predicted octanol–water partition coefficient (Wildman–Crippen LogP) is 2.87. The van der Waals surface area contributed by atoms with Gasteiger partial charge in [0.25, 0.3) is 0 Å². The molecule has 2 heterocycles. The van der Waals surface area contributed by atoms with Gasteiger partial charge in [-0.15, -0.1) is 0 Å². The normalized spacial score (nSPS) is 13.9. The van der Waals surface area contributed by atoms with E-state index in [0.29, 0.717) is 0 Å². The summed E-state index contributed by atoms with van der Waals surface area (Å²) in [5, 5.41) is 3.36. The van der Waals surface area contributed by atoms with Crippen LogP contribution in [0.5, 0.6) is 5.75 Å². The molecule has 104 valence electrons. The Balaban J connectivity index is 2.06. The first-order chi connectivity index (χ1) is 9.69. The van der Waals surface area contributed by atoms with Gasteiger partial charge in [-0.05, 0) is 41.1 Å². The number of aromatic nitrogens is 2. The molecule has 0 fully saturated rings. The van der Waals surface area contributed by atoms with Crippen LogP contribution in [0.2, 0.25) is 0 Å². The highest BCUT2D eigenvalue weighted by Gasteiger charge is 2.16. The highest BCUT2D eigenvalue weighted by molar-refractivity contribution is 9.10. The van der Waals surface area contributed by atoms with Gasteiger partial charge >= 0.3 is 0 Å². The fraction of sp³-hybridized carbons (Fsp3) is 0.333. The van der Waals surface area contributed by atoms with E-state index in [-0.39, 0.29) is 0 Å². The van der Waals surface area contributed by atoms with Crippen molar-refractivity contribution in [3.8, 4) is 17.1 Å². The van der Waals surface area contributed by atoms with Crippen LogP contribution in [0.25, 0.3) is 11.4 Å². The monoisotopic (exact) mass is 333 g/mol. The molecule has 0 atom stereocenters. The molecule has 0 saturated carbocycles. The number of nitrogens with zero attached hydrogens (tertiary/aromatic N) is 2. The summed E-state index contributed by atoms with van der Waals surface area (Å²) < 4.78 is 6.17. The maximum atomic E-state index is 5.25. The minimum Gasteiger partial charge on any atom is -0.496 e. The molecule has 0 aliphatic carbocycles. The van der Waals surface area contributed by atoms with Crippen molar-refractivity contribution in [2.75, 3.05) is 13.7 Å². The number of methoxy groups -OCH3 is 1. The van der Waals surface area contributed by atoms with E-state index in [4.69, 9.17) is 9.72 Å². The lowest BCUT2D eigenvalue weighted by molar-refractivity contribution is 0.412. The highest BCUT2D eigenvalue weighted by Crippen LogP contribution is 2.30. The van der Waals surface area contributed by atoms with E-state index < -0.39 is 0 Å². The van der Waals surface area contributed by atoms with Crippen LogP contribution in [0.3, 0.4) is 0 Å². The number of benzene rings is 1. The minimum absolute atomic E-state index is 0.784. The van der Waals surface area contributed by atoms with E-state index in [0.717, 1.165) is 52.5 Å². The molecule has 2 aromatic rings. The average molecular weight is 334 g/mol. The molecule has 4 nitrogen and oxygen atoms in total. The second-order valence-corrected chi connectivity index (χ2v) is 5.69. The van der Waals surface area contributed by atoms with E-state index in [2.05, 4.69) is 33.2 Å². The van der Waals surface area contributed by atoms with Gasteiger partial charge in [0.15, 0.2) is 5.82 Å². The Morgan fingerprint density at radius 3 is 2.90 bits per heavy atom. The number of ether oxygens (including phenoxy) is 1. The number of nitrogens with one attached hydrogen (secondary N) is 1. The number of fused-ring (bicyclic) bond motifs is 1. The summed E-state index contributed by atoms with van der Waals surface area (Å²) in [7, 11) is 1.66. The molecule has 3 rings (SSSR count). The summed E-state index contributed by atoms with van der Waals surface area (Å²) in [6.45, 7) is 3.90. The lowest BCUT2D eigenvalue weighted by Gasteiger charge is -2.18.